The summed E-state index contributed by atoms with van der Waals surface area (Å²) in [5.41, 5.74) is 6.02. The lowest BCUT2D eigenvalue weighted by Gasteiger charge is -2.01. The summed E-state index contributed by atoms with van der Waals surface area (Å²) in [6.45, 7) is 0.0796. The number of benzene rings is 1. The third kappa shape index (κ3) is 2.91. The van der Waals surface area contributed by atoms with Gasteiger partial charge in [0.05, 0.1) is 23.0 Å². The molecule has 0 saturated heterocycles. The van der Waals surface area contributed by atoms with Crippen LogP contribution in [0.2, 0.25) is 0 Å². The number of aromatic nitrogens is 4. The van der Waals surface area contributed by atoms with Gasteiger partial charge in [-0.25, -0.2) is 15.0 Å². The Hall–Kier alpha value is -2.65. The average Bonchev–Trinajstić information content (AvgIpc) is 3.17. The van der Waals surface area contributed by atoms with Crippen molar-refractivity contribution < 1.29 is 4.79 Å². The summed E-state index contributed by atoms with van der Waals surface area (Å²) in [5, 5.41) is 4.61. The zero-order valence-electron chi connectivity index (χ0n) is 12.3. The molecule has 0 bridgehead atoms. The number of primary amides is 1. The van der Waals surface area contributed by atoms with Crippen LogP contribution in [0.5, 0.6) is 0 Å². The van der Waals surface area contributed by atoms with Crippen molar-refractivity contribution in [2.24, 2.45) is 5.73 Å². The zero-order valence-corrected chi connectivity index (χ0v) is 14.0. The molecule has 0 aliphatic rings. The number of carbonyl (C=O) groups is 1. The zero-order chi connectivity index (χ0) is 16.5. The van der Waals surface area contributed by atoms with Gasteiger partial charge in [-0.2, -0.15) is 0 Å². The number of rotatable bonds is 5. The van der Waals surface area contributed by atoms with Gasteiger partial charge in [0.15, 0.2) is 5.13 Å². The number of hydrogen-bond acceptors (Lipinski definition) is 7. The molecule has 0 fully saturated rings. The SMILES string of the molecule is NC(=O)CNc1nc2ccc(Sc3cnc4ncccn34)cc2s1. The summed E-state index contributed by atoms with van der Waals surface area (Å²) in [6.07, 6.45) is 5.47. The number of amides is 1. The Morgan fingerprint density at radius 3 is 3.17 bits per heavy atom. The molecule has 1 aromatic carbocycles. The molecule has 3 N–H and O–H groups in total. The van der Waals surface area contributed by atoms with E-state index in [0.717, 1.165) is 20.1 Å². The number of anilines is 1. The summed E-state index contributed by atoms with van der Waals surface area (Å²) in [4.78, 5) is 24.9. The monoisotopic (exact) mass is 356 g/mol. The lowest BCUT2D eigenvalue weighted by molar-refractivity contribution is -0.116. The predicted molar refractivity (Wildman–Crippen MR) is 94.4 cm³/mol. The number of nitrogens with two attached hydrogens (primary N) is 1. The number of hydrogen-bond donors (Lipinski definition) is 2. The van der Waals surface area contributed by atoms with Gasteiger partial charge in [0.1, 0.15) is 5.03 Å². The minimum atomic E-state index is -0.410. The summed E-state index contributed by atoms with van der Waals surface area (Å²) >= 11 is 3.10. The largest absolute Gasteiger partial charge is 0.368 e. The molecular weight excluding hydrogens is 344 g/mol. The lowest BCUT2D eigenvalue weighted by Crippen LogP contribution is -2.21. The molecule has 24 heavy (non-hydrogen) atoms. The van der Waals surface area contributed by atoms with Crippen molar-refractivity contribution in [2.75, 3.05) is 11.9 Å². The van der Waals surface area contributed by atoms with Gasteiger partial charge in [-0.15, -0.1) is 0 Å². The lowest BCUT2D eigenvalue weighted by atomic mass is 10.3. The van der Waals surface area contributed by atoms with Crippen molar-refractivity contribution in [3.8, 4) is 0 Å². The standard InChI is InChI=1S/C15H12N6OS2/c16-12(22)7-19-15-20-10-3-2-9(6-11(10)24-15)23-13-8-18-14-17-4-1-5-21(13)14/h1-6,8H,7H2,(H2,16,22)(H,19,20). The number of fused-ring (bicyclic) bond motifs is 2. The molecule has 0 aliphatic heterocycles. The van der Waals surface area contributed by atoms with Crippen molar-refractivity contribution in [3.63, 3.8) is 0 Å². The van der Waals surface area contributed by atoms with Gasteiger partial charge in [-0.3, -0.25) is 9.20 Å². The molecule has 3 aromatic heterocycles. The molecule has 4 rings (SSSR count). The molecule has 0 unspecified atom stereocenters. The minimum Gasteiger partial charge on any atom is -0.368 e. The van der Waals surface area contributed by atoms with Crippen LogP contribution in [0.1, 0.15) is 0 Å². The molecule has 0 atom stereocenters. The fourth-order valence-corrected chi connectivity index (χ4v) is 4.08. The van der Waals surface area contributed by atoms with E-state index in [-0.39, 0.29) is 6.54 Å². The summed E-state index contributed by atoms with van der Waals surface area (Å²) in [5.74, 6) is 0.267. The maximum atomic E-state index is 10.8. The molecule has 120 valence electrons. The molecule has 0 saturated carbocycles. The third-order valence-corrected chi connectivity index (χ3v) is 5.23. The van der Waals surface area contributed by atoms with Crippen LogP contribution in [0.25, 0.3) is 16.0 Å². The van der Waals surface area contributed by atoms with Crippen LogP contribution >= 0.6 is 23.1 Å². The average molecular weight is 356 g/mol. The van der Waals surface area contributed by atoms with E-state index in [9.17, 15) is 4.79 Å². The fraction of sp³-hybridized carbons (Fsp3) is 0.0667. The van der Waals surface area contributed by atoms with Crippen molar-refractivity contribution in [3.05, 3.63) is 42.9 Å². The van der Waals surface area contributed by atoms with Crippen LogP contribution in [0.15, 0.2) is 52.8 Å². The van der Waals surface area contributed by atoms with Gasteiger partial charge in [0.2, 0.25) is 11.7 Å². The fourth-order valence-electron chi connectivity index (χ4n) is 2.21. The van der Waals surface area contributed by atoms with Gasteiger partial charge in [-0.1, -0.05) is 23.1 Å². The second kappa shape index (κ2) is 6.10. The predicted octanol–water partition coefficient (Wildman–Crippen LogP) is 2.39. The van der Waals surface area contributed by atoms with Crippen molar-refractivity contribution in [1.82, 2.24) is 19.4 Å². The minimum absolute atomic E-state index is 0.0796. The van der Waals surface area contributed by atoms with E-state index in [1.54, 1.807) is 18.0 Å². The Bertz CT molecular complexity index is 1040. The van der Waals surface area contributed by atoms with Gasteiger partial charge >= 0.3 is 0 Å². The van der Waals surface area contributed by atoms with E-state index in [1.165, 1.54) is 11.3 Å². The summed E-state index contributed by atoms with van der Waals surface area (Å²) in [7, 11) is 0. The molecule has 0 spiro atoms. The van der Waals surface area contributed by atoms with Crippen LogP contribution in [-0.4, -0.2) is 31.8 Å². The van der Waals surface area contributed by atoms with Crippen molar-refractivity contribution >= 4 is 50.1 Å². The molecule has 7 nitrogen and oxygen atoms in total. The van der Waals surface area contributed by atoms with E-state index in [2.05, 4.69) is 26.3 Å². The Labute approximate surface area is 144 Å². The molecular formula is C15H12N6OS2. The van der Waals surface area contributed by atoms with E-state index in [4.69, 9.17) is 5.73 Å². The first kappa shape index (κ1) is 14.9. The van der Waals surface area contributed by atoms with Crippen molar-refractivity contribution in [2.45, 2.75) is 9.92 Å². The Kier molecular flexibility index (Phi) is 3.79. The first-order chi connectivity index (χ1) is 11.7. The van der Waals surface area contributed by atoms with E-state index < -0.39 is 5.91 Å². The van der Waals surface area contributed by atoms with E-state index in [0.29, 0.717) is 10.9 Å². The second-order valence-electron chi connectivity index (χ2n) is 4.96. The highest BCUT2D eigenvalue weighted by Gasteiger charge is 2.09. The number of nitrogens with zero attached hydrogens (tertiary/aromatic N) is 4. The smallest absolute Gasteiger partial charge is 0.236 e. The molecule has 4 aromatic rings. The molecule has 1 amide bonds. The first-order valence-electron chi connectivity index (χ1n) is 7.08. The topological polar surface area (TPSA) is 98.2 Å². The van der Waals surface area contributed by atoms with Crippen LogP contribution in [0, 0.1) is 0 Å². The van der Waals surface area contributed by atoms with Crippen LogP contribution < -0.4 is 11.1 Å². The van der Waals surface area contributed by atoms with E-state index >= 15 is 0 Å². The van der Waals surface area contributed by atoms with Gasteiger partial charge in [-0.05, 0) is 24.3 Å². The highest BCUT2D eigenvalue weighted by molar-refractivity contribution is 7.99. The third-order valence-electron chi connectivity index (χ3n) is 3.25. The van der Waals surface area contributed by atoms with Crippen LogP contribution in [0.4, 0.5) is 5.13 Å². The molecule has 3 heterocycles. The number of carbonyl (C=O) groups excluding carboxylic acids is 1. The number of nitrogens with one attached hydrogen (secondary N) is 1. The van der Waals surface area contributed by atoms with Crippen LogP contribution in [0.3, 0.4) is 0 Å². The molecule has 0 aliphatic carbocycles. The normalized spacial score (nSPS) is 11.2. The Morgan fingerprint density at radius 2 is 2.29 bits per heavy atom. The first-order valence-corrected chi connectivity index (χ1v) is 8.71. The van der Waals surface area contributed by atoms with Gasteiger partial charge < -0.3 is 11.1 Å². The van der Waals surface area contributed by atoms with Crippen LogP contribution in [-0.2, 0) is 4.79 Å². The highest BCUT2D eigenvalue weighted by atomic mass is 32.2. The van der Waals surface area contributed by atoms with Gasteiger partial charge in [0, 0.05) is 17.3 Å². The maximum Gasteiger partial charge on any atom is 0.236 e. The van der Waals surface area contributed by atoms with Gasteiger partial charge in [0.25, 0.3) is 0 Å². The van der Waals surface area contributed by atoms with E-state index in [1.807, 2.05) is 35.0 Å². The quantitative estimate of drug-likeness (QED) is 0.570. The summed E-state index contributed by atoms with van der Waals surface area (Å²) in [6, 6.07) is 7.93. The second-order valence-corrected chi connectivity index (χ2v) is 7.08. The number of thiazole rings is 1. The Balaban J connectivity index is 1.61. The number of imidazole rings is 1. The molecule has 0 radical (unpaired) electrons. The maximum absolute atomic E-state index is 10.8. The Morgan fingerprint density at radius 1 is 1.38 bits per heavy atom. The summed E-state index contributed by atoms with van der Waals surface area (Å²) < 4.78 is 2.99. The van der Waals surface area contributed by atoms with Crippen molar-refractivity contribution in [1.29, 1.82) is 0 Å². The molecule has 9 heteroatoms. The highest BCUT2D eigenvalue weighted by Crippen LogP contribution is 2.33.